The van der Waals surface area contributed by atoms with E-state index in [2.05, 4.69) is 16.3 Å². The van der Waals surface area contributed by atoms with Gasteiger partial charge in [0.05, 0.1) is 0 Å². The minimum atomic E-state index is -3.31. The van der Waals surface area contributed by atoms with Crippen molar-refractivity contribution in [2.75, 3.05) is 38.2 Å². The molecule has 1 fully saturated rings. The molecule has 20 heavy (non-hydrogen) atoms. The molecule has 0 bridgehead atoms. The van der Waals surface area contributed by atoms with Crippen LogP contribution in [0.2, 0.25) is 0 Å². The van der Waals surface area contributed by atoms with Gasteiger partial charge in [0.2, 0.25) is 0 Å². The van der Waals surface area contributed by atoms with Gasteiger partial charge in [-0.1, -0.05) is 13.3 Å². The summed E-state index contributed by atoms with van der Waals surface area (Å²) in [4.78, 5) is 0. The number of hydrogen-bond acceptors (Lipinski definition) is 4. The van der Waals surface area contributed by atoms with Crippen LogP contribution >= 0.6 is 11.8 Å². The monoisotopic (exact) mass is 323 g/mol. The quantitative estimate of drug-likeness (QED) is 0.597. The predicted octanol–water partition coefficient (Wildman–Crippen LogP) is 1.43. The maximum absolute atomic E-state index is 12.4. The lowest BCUT2D eigenvalue weighted by Crippen LogP contribution is -2.52. The van der Waals surface area contributed by atoms with Gasteiger partial charge >= 0.3 is 0 Å². The van der Waals surface area contributed by atoms with Crippen molar-refractivity contribution in [1.82, 2.24) is 14.3 Å². The summed E-state index contributed by atoms with van der Waals surface area (Å²) < 4.78 is 29.2. The molecule has 1 rings (SSSR count). The molecule has 2 N–H and O–H groups in total. The number of likely N-dealkylation sites (N-methyl/N-ethyl adjacent to an activating group) is 1. The largest absolute Gasteiger partial charge is 0.315 e. The zero-order chi connectivity index (χ0) is 14.8. The van der Waals surface area contributed by atoms with Crippen molar-refractivity contribution < 1.29 is 8.42 Å². The van der Waals surface area contributed by atoms with E-state index in [1.807, 2.05) is 6.92 Å². The lowest BCUT2D eigenvalue weighted by atomic mass is 10.1. The average molecular weight is 324 g/mol. The van der Waals surface area contributed by atoms with Crippen molar-refractivity contribution in [2.24, 2.45) is 0 Å². The van der Waals surface area contributed by atoms with Gasteiger partial charge < -0.3 is 5.32 Å². The van der Waals surface area contributed by atoms with Gasteiger partial charge in [-0.25, -0.2) is 4.72 Å². The lowest BCUT2D eigenvalue weighted by molar-refractivity contribution is 0.244. The van der Waals surface area contributed by atoms with Crippen LogP contribution in [0.25, 0.3) is 0 Å². The van der Waals surface area contributed by atoms with Crippen molar-refractivity contribution >= 4 is 22.0 Å². The molecule has 1 saturated heterocycles. The van der Waals surface area contributed by atoms with Gasteiger partial charge in [-0.05, 0) is 44.2 Å². The fraction of sp³-hybridized carbons (Fsp3) is 1.00. The van der Waals surface area contributed by atoms with E-state index in [1.165, 1.54) is 0 Å². The first-order valence-corrected chi connectivity index (χ1v) is 10.4. The minimum Gasteiger partial charge on any atom is -0.315 e. The van der Waals surface area contributed by atoms with Gasteiger partial charge in [0.15, 0.2) is 0 Å². The van der Waals surface area contributed by atoms with Gasteiger partial charge in [-0.3, -0.25) is 0 Å². The maximum Gasteiger partial charge on any atom is 0.279 e. The molecule has 5 nitrogen and oxygen atoms in total. The van der Waals surface area contributed by atoms with Gasteiger partial charge in [0.1, 0.15) is 0 Å². The molecule has 0 aliphatic carbocycles. The van der Waals surface area contributed by atoms with E-state index in [0.717, 1.165) is 50.9 Å². The molecule has 0 amide bonds. The highest BCUT2D eigenvalue weighted by atomic mass is 32.2. The first kappa shape index (κ1) is 18.2. The Morgan fingerprint density at radius 2 is 2.10 bits per heavy atom. The standard InChI is InChI=1S/C13H29N3O2S2/c1-3-14-12-13-8-4-6-10-16(13)20(17,18)15-9-5-7-11-19-2/h13-15H,3-12H2,1-2H3. The molecule has 0 radical (unpaired) electrons. The van der Waals surface area contributed by atoms with E-state index in [-0.39, 0.29) is 6.04 Å². The van der Waals surface area contributed by atoms with Gasteiger partial charge in [0.25, 0.3) is 10.2 Å². The SMILES string of the molecule is CCNCC1CCCCN1S(=O)(=O)NCCCCSC. The van der Waals surface area contributed by atoms with E-state index >= 15 is 0 Å². The molecule has 1 aliphatic heterocycles. The molecule has 1 atom stereocenters. The topological polar surface area (TPSA) is 61.4 Å². The highest BCUT2D eigenvalue weighted by Crippen LogP contribution is 2.19. The molecular weight excluding hydrogens is 294 g/mol. The molecule has 0 saturated carbocycles. The van der Waals surface area contributed by atoms with Crippen LogP contribution in [0.1, 0.15) is 39.0 Å². The summed E-state index contributed by atoms with van der Waals surface area (Å²) in [5, 5.41) is 3.27. The molecule has 1 unspecified atom stereocenters. The first-order valence-electron chi connectivity index (χ1n) is 7.58. The van der Waals surface area contributed by atoms with E-state index < -0.39 is 10.2 Å². The Kier molecular flexibility index (Phi) is 9.11. The molecule has 0 aromatic carbocycles. The lowest BCUT2D eigenvalue weighted by Gasteiger charge is -2.34. The Labute approximate surface area is 128 Å². The summed E-state index contributed by atoms with van der Waals surface area (Å²) in [5.41, 5.74) is 0. The van der Waals surface area contributed by atoms with Crippen LogP contribution < -0.4 is 10.0 Å². The molecule has 0 aromatic rings. The van der Waals surface area contributed by atoms with Crippen molar-refractivity contribution in [3.63, 3.8) is 0 Å². The number of unbranched alkanes of at least 4 members (excludes halogenated alkanes) is 1. The second kappa shape index (κ2) is 10.00. The first-order chi connectivity index (χ1) is 9.61. The Morgan fingerprint density at radius 1 is 1.30 bits per heavy atom. The third kappa shape index (κ3) is 6.30. The number of piperidine rings is 1. The van der Waals surface area contributed by atoms with E-state index in [1.54, 1.807) is 16.1 Å². The van der Waals surface area contributed by atoms with Crippen LogP contribution in [0.15, 0.2) is 0 Å². The highest BCUT2D eigenvalue weighted by Gasteiger charge is 2.31. The highest BCUT2D eigenvalue weighted by molar-refractivity contribution is 7.98. The van der Waals surface area contributed by atoms with Crippen molar-refractivity contribution in [3.8, 4) is 0 Å². The van der Waals surface area contributed by atoms with Gasteiger partial charge in [0, 0.05) is 25.7 Å². The van der Waals surface area contributed by atoms with Crippen LogP contribution in [0.4, 0.5) is 0 Å². The minimum absolute atomic E-state index is 0.104. The maximum atomic E-state index is 12.4. The summed E-state index contributed by atoms with van der Waals surface area (Å²) in [7, 11) is -3.31. The Balaban J connectivity index is 2.45. The Morgan fingerprint density at radius 3 is 2.80 bits per heavy atom. The smallest absolute Gasteiger partial charge is 0.279 e. The van der Waals surface area contributed by atoms with Crippen LogP contribution in [0.3, 0.4) is 0 Å². The second-order valence-corrected chi connectivity index (χ2v) is 7.86. The third-order valence-corrected chi connectivity index (χ3v) is 5.94. The second-order valence-electron chi connectivity index (χ2n) is 5.17. The number of thioether (sulfide) groups is 1. The van der Waals surface area contributed by atoms with Crippen LogP contribution in [-0.2, 0) is 10.2 Å². The predicted molar refractivity (Wildman–Crippen MR) is 87.4 cm³/mol. The summed E-state index contributed by atoms with van der Waals surface area (Å²) in [5.74, 6) is 1.09. The van der Waals surface area contributed by atoms with E-state index in [9.17, 15) is 8.42 Å². The van der Waals surface area contributed by atoms with Crippen molar-refractivity contribution in [1.29, 1.82) is 0 Å². The number of rotatable bonds is 10. The molecule has 0 spiro atoms. The van der Waals surface area contributed by atoms with Crippen LogP contribution in [0, 0.1) is 0 Å². The number of nitrogens with one attached hydrogen (secondary N) is 2. The average Bonchev–Trinajstić information content (AvgIpc) is 2.45. The Bertz CT molecular complexity index is 350. The number of nitrogens with zero attached hydrogens (tertiary/aromatic N) is 1. The molecule has 1 heterocycles. The fourth-order valence-electron chi connectivity index (χ4n) is 2.46. The van der Waals surface area contributed by atoms with Gasteiger partial charge in [-0.2, -0.15) is 24.5 Å². The van der Waals surface area contributed by atoms with Crippen molar-refractivity contribution in [3.05, 3.63) is 0 Å². The summed E-state index contributed by atoms with van der Waals surface area (Å²) >= 11 is 1.80. The molecule has 0 aromatic heterocycles. The molecular formula is C13H29N3O2S2. The normalized spacial score (nSPS) is 21.2. The summed E-state index contributed by atoms with van der Waals surface area (Å²) in [6.07, 6.45) is 7.09. The van der Waals surface area contributed by atoms with E-state index in [4.69, 9.17) is 0 Å². The third-order valence-electron chi connectivity index (χ3n) is 3.57. The zero-order valence-corrected chi connectivity index (χ0v) is 14.4. The van der Waals surface area contributed by atoms with Gasteiger partial charge in [-0.15, -0.1) is 0 Å². The fourth-order valence-corrected chi connectivity index (χ4v) is 4.46. The van der Waals surface area contributed by atoms with E-state index in [0.29, 0.717) is 13.1 Å². The molecule has 120 valence electrons. The molecule has 7 heteroatoms. The molecule has 1 aliphatic rings. The van der Waals surface area contributed by atoms with Crippen LogP contribution in [-0.4, -0.2) is 57.0 Å². The van der Waals surface area contributed by atoms with Crippen molar-refractivity contribution in [2.45, 2.75) is 45.1 Å². The summed E-state index contributed by atoms with van der Waals surface area (Å²) in [6, 6.07) is 0.104. The zero-order valence-electron chi connectivity index (χ0n) is 12.7. The Hall–Kier alpha value is 0.180. The summed E-state index contributed by atoms with van der Waals surface area (Å²) in [6.45, 7) is 4.88. The number of hydrogen-bond donors (Lipinski definition) is 2. The van der Waals surface area contributed by atoms with Crippen LogP contribution in [0.5, 0.6) is 0 Å².